The third-order valence-electron chi connectivity index (χ3n) is 2.09. The van der Waals surface area contributed by atoms with Gasteiger partial charge < -0.3 is 0 Å². The first-order valence-corrected chi connectivity index (χ1v) is 6.03. The Kier molecular flexibility index (Phi) is 3.66. The van der Waals surface area contributed by atoms with Crippen molar-refractivity contribution in [1.29, 1.82) is 0 Å². The lowest BCUT2D eigenvalue weighted by Gasteiger charge is -2.02. The van der Waals surface area contributed by atoms with Crippen LogP contribution in [-0.4, -0.2) is 4.92 Å². The van der Waals surface area contributed by atoms with Crippen LogP contribution < -0.4 is 0 Å². The maximum Gasteiger partial charge on any atom is 0.287 e. The lowest BCUT2D eigenvalue weighted by molar-refractivity contribution is -0.384. The summed E-state index contributed by atoms with van der Waals surface area (Å²) in [6.07, 6.45) is 0. The van der Waals surface area contributed by atoms with E-state index in [0.717, 1.165) is 9.79 Å². The topological polar surface area (TPSA) is 43.1 Å². The van der Waals surface area contributed by atoms with Crippen molar-refractivity contribution in [2.45, 2.75) is 9.79 Å². The largest absolute Gasteiger partial charge is 0.287 e. The van der Waals surface area contributed by atoms with Crippen molar-refractivity contribution in [3.8, 4) is 0 Å². The average Bonchev–Trinajstić information content (AvgIpc) is 2.30. The molecule has 0 heterocycles. The van der Waals surface area contributed by atoms with Gasteiger partial charge in [0, 0.05) is 15.9 Å². The van der Waals surface area contributed by atoms with Crippen LogP contribution in [0.3, 0.4) is 0 Å². The van der Waals surface area contributed by atoms with Gasteiger partial charge in [-0.3, -0.25) is 10.1 Å². The molecule has 0 aliphatic rings. The molecule has 0 aliphatic heterocycles. The molecular weight excluding hydrogens is 258 g/mol. The van der Waals surface area contributed by atoms with E-state index in [9.17, 15) is 10.1 Å². The molecule has 0 aliphatic carbocycles. The summed E-state index contributed by atoms with van der Waals surface area (Å²) < 4.78 is 0. The maximum absolute atomic E-state index is 10.6. The van der Waals surface area contributed by atoms with E-state index in [-0.39, 0.29) is 10.7 Å². The van der Waals surface area contributed by atoms with Gasteiger partial charge in [0.2, 0.25) is 0 Å². The van der Waals surface area contributed by atoms with Gasteiger partial charge in [0.05, 0.1) is 4.92 Å². The van der Waals surface area contributed by atoms with Gasteiger partial charge >= 0.3 is 0 Å². The first-order chi connectivity index (χ1) is 8.16. The van der Waals surface area contributed by atoms with Crippen LogP contribution in [0.25, 0.3) is 0 Å². The SMILES string of the molecule is O=[N+]([O-])c1ccc(Sc2ccccc2)cc1Cl. The molecule has 3 nitrogen and oxygen atoms in total. The highest BCUT2D eigenvalue weighted by atomic mass is 35.5. The molecule has 0 bridgehead atoms. The minimum atomic E-state index is -0.487. The van der Waals surface area contributed by atoms with Gasteiger partial charge in [-0.05, 0) is 24.3 Å². The summed E-state index contributed by atoms with van der Waals surface area (Å²) in [6.45, 7) is 0. The van der Waals surface area contributed by atoms with Crippen LogP contribution in [0.1, 0.15) is 0 Å². The molecule has 86 valence electrons. The van der Waals surface area contributed by atoms with Crippen molar-refractivity contribution in [1.82, 2.24) is 0 Å². The number of rotatable bonds is 3. The van der Waals surface area contributed by atoms with E-state index >= 15 is 0 Å². The van der Waals surface area contributed by atoms with E-state index in [0.29, 0.717) is 0 Å². The zero-order valence-corrected chi connectivity index (χ0v) is 10.2. The van der Waals surface area contributed by atoms with E-state index < -0.39 is 4.92 Å². The summed E-state index contributed by atoms with van der Waals surface area (Å²) in [7, 11) is 0. The van der Waals surface area contributed by atoms with Crippen molar-refractivity contribution in [2.75, 3.05) is 0 Å². The Morgan fingerprint density at radius 3 is 2.35 bits per heavy atom. The summed E-state index contributed by atoms with van der Waals surface area (Å²) in [5.41, 5.74) is -0.0657. The molecule has 2 aromatic rings. The number of nitro benzene ring substituents is 1. The van der Waals surface area contributed by atoms with E-state index in [4.69, 9.17) is 11.6 Å². The summed E-state index contributed by atoms with van der Waals surface area (Å²) >= 11 is 7.35. The van der Waals surface area contributed by atoms with Gasteiger partial charge in [-0.15, -0.1) is 0 Å². The fourth-order valence-corrected chi connectivity index (χ4v) is 2.52. The van der Waals surface area contributed by atoms with E-state index in [1.807, 2.05) is 30.3 Å². The monoisotopic (exact) mass is 265 g/mol. The molecule has 0 saturated carbocycles. The summed E-state index contributed by atoms with van der Waals surface area (Å²) in [4.78, 5) is 12.1. The Bertz CT molecular complexity index is 545. The molecule has 0 amide bonds. The highest BCUT2D eigenvalue weighted by molar-refractivity contribution is 7.99. The molecule has 5 heteroatoms. The first kappa shape index (κ1) is 12.0. The van der Waals surface area contributed by atoms with Gasteiger partial charge in [0.15, 0.2) is 0 Å². The molecule has 17 heavy (non-hydrogen) atoms. The zero-order valence-electron chi connectivity index (χ0n) is 8.67. The van der Waals surface area contributed by atoms with E-state index in [2.05, 4.69) is 0 Å². The van der Waals surface area contributed by atoms with Crippen LogP contribution in [0.5, 0.6) is 0 Å². The Hall–Kier alpha value is -1.52. The predicted octanol–water partition coefficient (Wildman–Crippen LogP) is 4.40. The van der Waals surface area contributed by atoms with Crippen LogP contribution >= 0.6 is 23.4 Å². The normalized spacial score (nSPS) is 10.2. The van der Waals surface area contributed by atoms with Crippen LogP contribution in [0, 0.1) is 10.1 Å². The fourth-order valence-electron chi connectivity index (χ4n) is 1.32. The summed E-state index contributed by atoms with van der Waals surface area (Å²) in [6, 6.07) is 14.5. The minimum Gasteiger partial charge on any atom is -0.258 e. The van der Waals surface area contributed by atoms with E-state index in [1.165, 1.54) is 17.8 Å². The van der Waals surface area contributed by atoms with Gasteiger partial charge in [0.1, 0.15) is 5.02 Å². The van der Waals surface area contributed by atoms with Gasteiger partial charge in [-0.1, -0.05) is 41.6 Å². The smallest absolute Gasteiger partial charge is 0.258 e. The van der Waals surface area contributed by atoms with Crippen LogP contribution in [0.2, 0.25) is 5.02 Å². The summed E-state index contributed by atoms with van der Waals surface area (Å²) in [5, 5.41) is 10.8. The van der Waals surface area contributed by atoms with Crippen LogP contribution in [0.4, 0.5) is 5.69 Å². The van der Waals surface area contributed by atoms with Crippen molar-refractivity contribution >= 4 is 29.1 Å². The number of hydrogen-bond acceptors (Lipinski definition) is 3. The molecule has 0 saturated heterocycles. The predicted molar refractivity (Wildman–Crippen MR) is 68.7 cm³/mol. The lowest BCUT2D eigenvalue weighted by atomic mass is 10.3. The standard InChI is InChI=1S/C12H8ClNO2S/c13-11-8-10(6-7-12(11)14(15)16)17-9-4-2-1-3-5-9/h1-8H. The molecule has 0 spiro atoms. The van der Waals surface area contributed by atoms with Crippen LogP contribution in [0.15, 0.2) is 58.3 Å². The third-order valence-corrected chi connectivity index (χ3v) is 3.39. The highest BCUT2D eigenvalue weighted by Crippen LogP contribution is 2.33. The number of nitro groups is 1. The zero-order chi connectivity index (χ0) is 12.3. The van der Waals surface area contributed by atoms with Crippen molar-refractivity contribution in [2.24, 2.45) is 0 Å². The Morgan fingerprint density at radius 1 is 1.06 bits per heavy atom. The highest BCUT2D eigenvalue weighted by Gasteiger charge is 2.12. The number of halogens is 1. The fraction of sp³-hybridized carbons (Fsp3) is 0. The number of nitrogens with zero attached hydrogens (tertiary/aromatic N) is 1. The van der Waals surface area contributed by atoms with Gasteiger partial charge in [-0.2, -0.15) is 0 Å². The molecule has 0 radical (unpaired) electrons. The second-order valence-electron chi connectivity index (χ2n) is 3.29. The van der Waals surface area contributed by atoms with Gasteiger partial charge in [0.25, 0.3) is 5.69 Å². The Morgan fingerprint density at radius 2 is 1.76 bits per heavy atom. The molecule has 2 aromatic carbocycles. The van der Waals surface area contributed by atoms with Crippen molar-refractivity contribution in [3.63, 3.8) is 0 Å². The summed E-state index contributed by atoms with van der Waals surface area (Å²) in [5.74, 6) is 0. The maximum atomic E-state index is 10.6. The molecule has 0 unspecified atom stereocenters. The molecule has 2 rings (SSSR count). The number of hydrogen-bond donors (Lipinski definition) is 0. The Balaban J connectivity index is 2.24. The van der Waals surface area contributed by atoms with Crippen LogP contribution in [-0.2, 0) is 0 Å². The quantitative estimate of drug-likeness (QED) is 0.610. The first-order valence-electron chi connectivity index (χ1n) is 4.83. The average molecular weight is 266 g/mol. The van der Waals surface area contributed by atoms with E-state index in [1.54, 1.807) is 12.1 Å². The minimum absolute atomic E-state index is 0.0657. The van der Waals surface area contributed by atoms with Gasteiger partial charge in [-0.25, -0.2) is 0 Å². The second-order valence-corrected chi connectivity index (χ2v) is 4.84. The molecule has 0 aromatic heterocycles. The van der Waals surface area contributed by atoms with Crippen molar-refractivity contribution < 1.29 is 4.92 Å². The lowest BCUT2D eigenvalue weighted by Crippen LogP contribution is -1.88. The Labute approximate surface area is 108 Å². The molecule has 0 fully saturated rings. The second kappa shape index (κ2) is 5.21. The van der Waals surface area contributed by atoms with Crippen molar-refractivity contribution in [3.05, 3.63) is 63.7 Å². The number of benzene rings is 2. The molecule has 0 atom stereocenters. The molecule has 0 N–H and O–H groups in total. The third kappa shape index (κ3) is 2.99. The molecular formula is C12H8ClNO2S.